The molecule has 3 N–H and O–H groups in total. The number of nitrogens with one attached hydrogen (secondary N) is 2. The Morgan fingerprint density at radius 2 is 1.81 bits per heavy atom. The predicted molar refractivity (Wildman–Crippen MR) is 98.2 cm³/mol. The smallest absolute Gasteiger partial charge is 0.335 e. The summed E-state index contributed by atoms with van der Waals surface area (Å²) < 4.78 is 0. The van der Waals surface area contributed by atoms with Gasteiger partial charge in [0.25, 0.3) is 5.56 Å². The molecule has 0 unspecified atom stereocenters. The molecule has 0 aliphatic heterocycles. The highest BCUT2D eigenvalue weighted by atomic mass is 16.4. The molecule has 0 spiro atoms. The zero-order valence-electron chi connectivity index (χ0n) is 14.2. The van der Waals surface area contributed by atoms with E-state index in [0.717, 1.165) is 0 Å². The maximum absolute atomic E-state index is 12.2. The summed E-state index contributed by atoms with van der Waals surface area (Å²) in [4.78, 5) is 42.1. The van der Waals surface area contributed by atoms with Gasteiger partial charge in [0.1, 0.15) is 5.82 Å². The fourth-order valence-electron chi connectivity index (χ4n) is 2.41. The van der Waals surface area contributed by atoms with E-state index >= 15 is 0 Å². The number of H-pyrrole nitrogens is 1. The third-order valence-corrected chi connectivity index (χ3v) is 3.90. The number of carbonyl (C=O) groups excluding carboxylic acids is 1. The number of rotatable bonds is 4. The molecule has 3 aromatic rings. The Hall–Kier alpha value is -3.48. The molecule has 26 heavy (non-hydrogen) atoms. The van der Waals surface area contributed by atoms with Gasteiger partial charge in [-0.3, -0.25) is 9.59 Å². The zero-order valence-corrected chi connectivity index (χ0v) is 14.2. The number of carboxylic acid groups (broad SMARTS) is 1. The standard InChI is InChI=1S/C19H17N3O4/c1-10(2)17(23)20-13-6-3-11(4-7-13)16-21-15-9-12(19(25)26)5-8-14(15)18(24)22-16/h3-10H,1-2H3,(H,20,23)(H,25,26)(H,21,22,24). The van der Waals surface area contributed by atoms with Gasteiger partial charge in [-0.05, 0) is 42.5 Å². The predicted octanol–water partition coefficient (Wildman–Crippen LogP) is 2.88. The normalized spacial score (nSPS) is 10.9. The first-order valence-corrected chi connectivity index (χ1v) is 8.04. The van der Waals surface area contributed by atoms with Crippen LogP contribution in [0.25, 0.3) is 22.3 Å². The minimum atomic E-state index is -1.08. The number of aromatic carboxylic acids is 1. The number of amides is 1. The van der Waals surface area contributed by atoms with Crippen molar-refractivity contribution in [2.24, 2.45) is 5.92 Å². The van der Waals surface area contributed by atoms with Crippen LogP contribution >= 0.6 is 0 Å². The van der Waals surface area contributed by atoms with Gasteiger partial charge in [-0.1, -0.05) is 13.8 Å². The summed E-state index contributed by atoms with van der Waals surface area (Å²) in [6.07, 6.45) is 0. The van der Waals surface area contributed by atoms with E-state index in [-0.39, 0.29) is 22.9 Å². The molecule has 0 aliphatic rings. The number of nitrogens with zero attached hydrogens (tertiary/aromatic N) is 1. The van der Waals surface area contributed by atoms with Crippen LogP contribution < -0.4 is 10.9 Å². The van der Waals surface area contributed by atoms with E-state index < -0.39 is 5.97 Å². The number of benzene rings is 2. The molecule has 0 radical (unpaired) electrons. The van der Waals surface area contributed by atoms with Crippen molar-refractivity contribution in [3.63, 3.8) is 0 Å². The van der Waals surface area contributed by atoms with E-state index in [1.54, 1.807) is 38.1 Å². The van der Waals surface area contributed by atoms with Crippen molar-refractivity contribution in [2.75, 3.05) is 5.32 Å². The van der Waals surface area contributed by atoms with Gasteiger partial charge in [0, 0.05) is 17.2 Å². The average molecular weight is 351 g/mol. The summed E-state index contributed by atoms with van der Waals surface area (Å²) >= 11 is 0. The van der Waals surface area contributed by atoms with Crippen LogP contribution in [0.5, 0.6) is 0 Å². The van der Waals surface area contributed by atoms with Gasteiger partial charge in [-0.15, -0.1) is 0 Å². The molecule has 1 heterocycles. The van der Waals surface area contributed by atoms with E-state index in [1.165, 1.54) is 18.2 Å². The van der Waals surface area contributed by atoms with Crippen molar-refractivity contribution in [2.45, 2.75) is 13.8 Å². The number of aromatic amines is 1. The lowest BCUT2D eigenvalue weighted by Gasteiger charge is -2.09. The van der Waals surface area contributed by atoms with Gasteiger partial charge >= 0.3 is 5.97 Å². The molecular weight excluding hydrogens is 334 g/mol. The first-order chi connectivity index (χ1) is 12.3. The number of aromatic nitrogens is 2. The molecule has 3 rings (SSSR count). The molecule has 0 aliphatic carbocycles. The van der Waals surface area contributed by atoms with Crippen molar-refractivity contribution in [3.8, 4) is 11.4 Å². The lowest BCUT2D eigenvalue weighted by Crippen LogP contribution is -2.17. The van der Waals surface area contributed by atoms with Crippen LogP contribution in [0.15, 0.2) is 47.3 Å². The number of hydrogen-bond donors (Lipinski definition) is 3. The summed E-state index contributed by atoms with van der Waals surface area (Å²) in [5.41, 5.74) is 1.31. The van der Waals surface area contributed by atoms with Crippen molar-refractivity contribution in [1.82, 2.24) is 9.97 Å². The van der Waals surface area contributed by atoms with E-state index in [9.17, 15) is 14.4 Å². The monoisotopic (exact) mass is 351 g/mol. The van der Waals surface area contributed by atoms with Crippen molar-refractivity contribution in [1.29, 1.82) is 0 Å². The van der Waals surface area contributed by atoms with Gasteiger partial charge < -0.3 is 15.4 Å². The number of carbonyl (C=O) groups is 2. The van der Waals surface area contributed by atoms with Crippen molar-refractivity contribution >= 4 is 28.5 Å². The van der Waals surface area contributed by atoms with Crippen LogP contribution in [0.1, 0.15) is 24.2 Å². The topological polar surface area (TPSA) is 112 Å². The summed E-state index contributed by atoms with van der Waals surface area (Å²) in [6.45, 7) is 3.61. The van der Waals surface area contributed by atoms with Crippen molar-refractivity contribution in [3.05, 3.63) is 58.4 Å². The fraction of sp³-hybridized carbons (Fsp3) is 0.158. The van der Waals surface area contributed by atoms with E-state index in [2.05, 4.69) is 15.3 Å². The highest BCUT2D eigenvalue weighted by Crippen LogP contribution is 2.20. The first kappa shape index (κ1) is 17.3. The molecule has 0 fully saturated rings. The van der Waals surface area contributed by atoms with Gasteiger partial charge in [-0.2, -0.15) is 0 Å². The summed E-state index contributed by atoms with van der Waals surface area (Å²) in [5, 5.41) is 12.2. The number of anilines is 1. The Balaban J connectivity index is 1.98. The highest BCUT2D eigenvalue weighted by Gasteiger charge is 2.11. The van der Waals surface area contributed by atoms with Crippen LogP contribution in [0.3, 0.4) is 0 Å². The Morgan fingerprint density at radius 3 is 2.42 bits per heavy atom. The lowest BCUT2D eigenvalue weighted by atomic mass is 10.1. The Morgan fingerprint density at radius 1 is 1.12 bits per heavy atom. The quantitative estimate of drug-likeness (QED) is 0.669. The molecule has 7 nitrogen and oxygen atoms in total. The summed E-state index contributed by atoms with van der Waals surface area (Å²) in [7, 11) is 0. The van der Waals surface area contributed by atoms with Gasteiger partial charge in [0.15, 0.2) is 0 Å². The van der Waals surface area contributed by atoms with E-state index in [4.69, 9.17) is 5.11 Å². The maximum Gasteiger partial charge on any atom is 0.335 e. The van der Waals surface area contributed by atoms with Crippen LogP contribution in [-0.4, -0.2) is 27.0 Å². The molecule has 7 heteroatoms. The lowest BCUT2D eigenvalue weighted by molar-refractivity contribution is -0.118. The van der Waals surface area contributed by atoms with Crippen LogP contribution in [0.2, 0.25) is 0 Å². The van der Waals surface area contributed by atoms with Crippen molar-refractivity contribution < 1.29 is 14.7 Å². The largest absolute Gasteiger partial charge is 0.478 e. The minimum absolute atomic E-state index is 0.0632. The molecule has 1 amide bonds. The summed E-state index contributed by atoms with van der Waals surface area (Å²) in [5.74, 6) is -0.972. The third-order valence-electron chi connectivity index (χ3n) is 3.90. The molecule has 1 aromatic heterocycles. The highest BCUT2D eigenvalue weighted by molar-refractivity contribution is 5.93. The van der Waals surface area contributed by atoms with Crippen LogP contribution in [0.4, 0.5) is 5.69 Å². The molecule has 0 atom stereocenters. The second kappa shape index (κ2) is 6.79. The van der Waals surface area contributed by atoms with Gasteiger partial charge in [-0.25, -0.2) is 9.78 Å². The molecule has 0 saturated heterocycles. The Bertz CT molecular complexity index is 1050. The molecule has 132 valence electrons. The van der Waals surface area contributed by atoms with Gasteiger partial charge in [0.2, 0.25) is 5.91 Å². The zero-order chi connectivity index (χ0) is 18.8. The second-order valence-electron chi connectivity index (χ2n) is 6.17. The minimum Gasteiger partial charge on any atom is -0.478 e. The summed E-state index contributed by atoms with van der Waals surface area (Å²) in [6, 6.07) is 11.1. The maximum atomic E-state index is 12.2. The molecule has 0 saturated carbocycles. The number of carboxylic acids is 1. The first-order valence-electron chi connectivity index (χ1n) is 8.04. The van der Waals surface area contributed by atoms with Crippen LogP contribution in [-0.2, 0) is 4.79 Å². The average Bonchev–Trinajstić information content (AvgIpc) is 2.61. The SMILES string of the molecule is CC(C)C(=O)Nc1ccc(-c2nc3cc(C(=O)O)ccc3c(=O)[nH]2)cc1. The Labute approximate surface area is 148 Å². The third kappa shape index (κ3) is 3.46. The fourth-order valence-corrected chi connectivity index (χ4v) is 2.41. The molecule has 0 bridgehead atoms. The number of hydrogen-bond acceptors (Lipinski definition) is 4. The number of fused-ring (bicyclic) bond motifs is 1. The van der Waals surface area contributed by atoms with Gasteiger partial charge in [0.05, 0.1) is 16.5 Å². The Kier molecular flexibility index (Phi) is 4.53. The van der Waals surface area contributed by atoms with E-state index in [0.29, 0.717) is 28.0 Å². The second-order valence-corrected chi connectivity index (χ2v) is 6.17. The van der Waals surface area contributed by atoms with E-state index in [1.807, 2.05) is 0 Å². The molecule has 2 aromatic carbocycles. The molecular formula is C19H17N3O4. The van der Waals surface area contributed by atoms with Crippen LogP contribution in [0, 0.1) is 5.92 Å².